The summed E-state index contributed by atoms with van der Waals surface area (Å²) in [4.78, 5) is 9.68. The molecule has 1 fully saturated rings. The molecular weight excluding hydrogens is 287 g/mol. The van der Waals surface area contributed by atoms with Crippen molar-refractivity contribution in [3.8, 4) is 0 Å². The third-order valence-corrected chi connectivity index (χ3v) is 3.86. The Kier molecular flexibility index (Phi) is 4.08. The molecular formula is C13H16F3N3O2. The molecule has 116 valence electrons. The van der Waals surface area contributed by atoms with Crippen molar-refractivity contribution in [3.63, 3.8) is 0 Å². The van der Waals surface area contributed by atoms with Gasteiger partial charge in [-0.3, -0.25) is 10.1 Å². The number of nitrogens with one attached hydrogen (secondary N) is 1. The molecule has 8 heteroatoms. The molecule has 1 aliphatic carbocycles. The lowest BCUT2D eigenvalue weighted by atomic mass is 9.97. The average molecular weight is 303 g/mol. The van der Waals surface area contributed by atoms with Crippen molar-refractivity contribution < 1.29 is 18.1 Å². The second-order valence-corrected chi connectivity index (χ2v) is 5.30. The van der Waals surface area contributed by atoms with E-state index in [-0.39, 0.29) is 5.69 Å². The van der Waals surface area contributed by atoms with Crippen LogP contribution in [0.25, 0.3) is 0 Å². The van der Waals surface area contributed by atoms with Gasteiger partial charge in [-0.25, -0.2) is 0 Å². The second kappa shape index (κ2) is 5.51. The average Bonchev–Trinajstić information content (AvgIpc) is 2.86. The number of nitro groups is 1. The Labute approximate surface area is 119 Å². The van der Waals surface area contributed by atoms with Crippen LogP contribution in [0.2, 0.25) is 0 Å². The van der Waals surface area contributed by atoms with Crippen LogP contribution in [-0.4, -0.2) is 17.0 Å². The van der Waals surface area contributed by atoms with Gasteiger partial charge in [-0.15, -0.1) is 0 Å². The highest BCUT2D eigenvalue weighted by Gasteiger charge is 2.39. The zero-order valence-corrected chi connectivity index (χ0v) is 11.2. The minimum absolute atomic E-state index is 0.209. The van der Waals surface area contributed by atoms with Gasteiger partial charge >= 0.3 is 6.18 Å². The van der Waals surface area contributed by atoms with E-state index in [1.165, 1.54) is 6.07 Å². The van der Waals surface area contributed by atoms with Gasteiger partial charge in [0.25, 0.3) is 5.69 Å². The van der Waals surface area contributed by atoms with Crippen molar-refractivity contribution in [2.45, 2.75) is 37.4 Å². The largest absolute Gasteiger partial charge is 0.423 e. The van der Waals surface area contributed by atoms with Crippen molar-refractivity contribution in [1.29, 1.82) is 0 Å². The molecule has 0 aliphatic heterocycles. The maximum Gasteiger partial charge on any atom is 0.423 e. The summed E-state index contributed by atoms with van der Waals surface area (Å²) in [5, 5.41) is 13.7. The van der Waals surface area contributed by atoms with E-state index in [0.717, 1.165) is 37.8 Å². The van der Waals surface area contributed by atoms with Crippen LogP contribution in [0.4, 0.5) is 24.5 Å². The normalized spacial score (nSPS) is 17.7. The molecule has 0 amide bonds. The zero-order valence-electron chi connectivity index (χ0n) is 11.2. The van der Waals surface area contributed by atoms with Gasteiger partial charge in [0.15, 0.2) is 0 Å². The van der Waals surface area contributed by atoms with Crippen molar-refractivity contribution in [2.24, 2.45) is 5.73 Å². The van der Waals surface area contributed by atoms with Gasteiger partial charge < -0.3 is 11.1 Å². The van der Waals surface area contributed by atoms with Crippen LogP contribution >= 0.6 is 0 Å². The molecule has 0 saturated heterocycles. The fourth-order valence-electron chi connectivity index (χ4n) is 2.74. The predicted molar refractivity (Wildman–Crippen MR) is 72.0 cm³/mol. The molecule has 21 heavy (non-hydrogen) atoms. The first-order valence-electron chi connectivity index (χ1n) is 6.61. The molecule has 0 atom stereocenters. The Morgan fingerprint density at radius 2 is 1.95 bits per heavy atom. The van der Waals surface area contributed by atoms with Gasteiger partial charge in [0, 0.05) is 23.8 Å². The van der Waals surface area contributed by atoms with Crippen LogP contribution in [0, 0.1) is 10.1 Å². The van der Waals surface area contributed by atoms with E-state index < -0.39 is 27.9 Å². The Morgan fingerprint density at radius 3 is 2.43 bits per heavy atom. The quantitative estimate of drug-likeness (QED) is 0.660. The maximum atomic E-state index is 12.9. The van der Waals surface area contributed by atoms with Crippen molar-refractivity contribution in [3.05, 3.63) is 33.9 Å². The third-order valence-electron chi connectivity index (χ3n) is 3.86. The molecule has 0 radical (unpaired) electrons. The highest BCUT2D eigenvalue weighted by molar-refractivity contribution is 5.56. The van der Waals surface area contributed by atoms with Crippen molar-refractivity contribution >= 4 is 11.4 Å². The molecule has 0 heterocycles. The molecule has 0 spiro atoms. The van der Waals surface area contributed by atoms with Gasteiger partial charge in [-0.05, 0) is 25.0 Å². The minimum atomic E-state index is -4.77. The summed E-state index contributed by atoms with van der Waals surface area (Å²) in [7, 11) is 0. The minimum Gasteiger partial charge on any atom is -0.378 e. The molecule has 1 aromatic rings. The van der Waals surface area contributed by atoms with Crippen molar-refractivity contribution in [2.75, 3.05) is 11.9 Å². The first-order chi connectivity index (χ1) is 9.77. The maximum absolute atomic E-state index is 12.9. The fourth-order valence-corrected chi connectivity index (χ4v) is 2.74. The van der Waals surface area contributed by atoms with E-state index in [1.807, 2.05) is 0 Å². The van der Waals surface area contributed by atoms with E-state index in [1.54, 1.807) is 0 Å². The molecule has 0 bridgehead atoms. The van der Waals surface area contributed by atoms with Gasteiger partial charge in [0.2, 0.25) is 0 Å². The highest BCUT2D eigenvalue weighted by atomic mass is 19.4. The third kappa shape index (κ3) is 3.26. The number of hydrogen-bond donors (Lipinski definition) is 2. The summed E-state index contributed by atoms with van der Waals surface area (Å²) in [6, 6.07) is 2.96. The number of alkyl halides is 3. The SMILES string of the molecule is NCC1(Nc2ccc([N+](=O)[O-])c(C(F)(F)F)c2)CCCC1. The summed E-state index contributed by atoms with van der Waals surface area (Å²) in [5.74, 6) is 0. The standard InChI is InChI=1S/C13H16F3N3O2/c14-13(15,16)10-7-9(3-4-11(10)19(20)21)18-12(8-17)5-1-2-6-12/h3-4,7,18H,1-2,5-6,8,17H2. The fraction of sp³-hybridized carbons (Fsp3) is 0.538. The molecule has 1 saturated carbocycles. The van der Waals surface area contributed by atoms with Crippen LogP contribution in [-0.2, 0) is 6.18 Å². The lowest BCUT2D eigenvalue weighted by Gasteiger charge is -2.30. The molecule has 0 aromatic heterocycles. The monoisotopic (exact) mass is 303 g/mol. The van der Waals surface area contributed by atoms with Crippen LogP contribution in [0.15, 0.2) is 18.2 Å². The lowest BCUT2D eigenvalue weighted by molar-refractivity contribution is -0.388. The number of nitrogens with zero attached hydrogens (tertiary/aromatic N) is 1. The predicted octanol–water partition coefficient (Wildman–Crippen LogP) is 3.30. The number of halogens is 3. The topological polar surface area (TPSA) is 81.2 Å². The van der Waals surface area contributed by atoms with E-state index in [2.05, 4.69) is 5.32 Å². The number of benzene rings is 1. The molecule has 2 rings (SSSR count). The number of hydrogen-bond acceptors (Lipinski definition) is 4. The number of anilines is 1. The van der Waals surface area contributed by atoms with Gasteiger partial charge in [0.05, 0.1) is 4.92 Å². The van der Waals surface area contributed by atoms with E-state index in [4.69, 9.17) is 5.73 Å². The molecule has 3 N–H and O–H groups in total. The Hall–Kier alpha value is -1.83. The number of rotatable bonds is 4. The van der Waals surface area contributed by atoms with E-state index in [0.29, 0.717) is 6.54 Å². The Morgan fingerprint density at radius 1 is 1.33 bits per heavy atom. The summed E-state index contributed by atoms with van der Waals surface area (Å²) in [6.07, 6.45) is -1.29. The molecule has 1 aliphatic rings. The van der Waals surface area contributed by atoms with Gasteiger partial charge in [-0.1, -0.05) is 12.8 Å². The molecule has 0 unspecified atom stereocenters. The van der Waals surface area contributed by atoms with Crippen LogP contribution in [0.5, 0.6) is 0 Å². The van der Waals surface area contributed by atoms with Gasteiger partial charge in [0.1, 0.15) is 5.56 Å². The summed E-state index contributed by atoms with van der Waals surface area (Å²) >= 11 is 0. The Balaban J connectivity index is 2.36. The van der Waals surface area contributed by atoms with Crippen LogP contribution < -0.4 is 11.1 Å². The second-order valence-electron chi connectivity index (χ2n) is 5.30. The van der Waals surface area contributed by atoms with E-state index in [9.17, 15) is 23.3 Å². The number of nitro benzene ring substituents is 1. The zero-order chi connectivity index (χ0) is 15.7. The number of nitrogens with two attached hydrogens (primary N) is 1. The molecule has 1 aromatic carbocycles. The first kappa shape index (κ1) is 15.6. The smallest absolute Gasteiger partial charge is 0.378 e. The summed E-state index contributed by atoms with van der Waals surface area (Å²) in [6.45, 7) is 0.311. The molecule has 5 nitrogen and oxygen atoms in total. The van der Waals surface area contributed by atoms with Gasteiger partial charge in [-0.2, -0.15) is 13.2 Å². The van der Waals surface area contributed by atoms with Crippen LogP contribution in [0.1, 0.15) is 31.2 Å². The van der Waals surface area contributed by atoms with Crippen LogP contribution in [0.3, 0.4) is 0 Å². The lowest BCUT2D eigenvalue weighted by Crippen LogP contribution is -2.42. The summed E-state index contributed by atoms with van der Waals surface area (Å²) in [5.41, 5.74) is 3.33. The Bertz CT molecular complexity index is 540. The first-order valence-corrected chi connectivity index (χ1v) is 6.61. The van der Waals surface area contributed by atoms with Crippen molar-refractivity contribution in [1.82, 2.24) is 0 Å². The van der Waals surface area contributed by atoms with E-state index >= 15 is 0 Å². The summed E-state index contributed by atoms with van der Waals surface area (Å²) < 4.78 is 38.8. The highest BCUT2D eigenvalue weighted by Crippen LogP contribution is 2.39.